The summed E-state index contributed by atoms with van der Waals surface area (Å²) < 4.78 is 33.1. The molecular formula is C29H36F2N2O3. The largest absolute Gasteiger partial charge is 0.465 e. The molecule has 0 spiro atoms. The van der Waals surface area contributed by atoms with Crippen LogP contribution in [-0.2, 0) is 14.3 Å². The molecule has 5 nitrogen and oxygen atoms in total. The minimum absolute atomic E-state index is 0.0143. The molecule has 2 aliphatic heterocycles. The lowest BCUT2D eigenvalue weighted by molar-refractivity contribution is -0.147. The normalized spacial score (nSPS) is 19.1. The minimum Gasteiger partial charge on any atom is -0.465 e. The Morgan fingerprint density at radius 2 is 1.67 bits per heavy atom. The predicted octanol–water partition coefficient (Wildman–Crippen LogP) is 5.52. The van der Waals surface area contributed by atoms with Gasteiger partial charge in [-0.05, 0) is 86.5 Å². The number of benzene rings is 2. The number of amides is 1. The van der Waals surface area contributed by atoms with Crippen LogP contribution in [-0.4, -0.2) is 49.6 Å². The van der Waals surface area contributed by atoms with E-state index >= 15 is 0 Å². The van der Waals surface area contributed by atoms with Crippen molar-refractivity contribution in [2.24, 2.45) is 11.8 Å². The standard InChI is InChI=1S/C29H36F2N2O3/c1-20(2)29(35)36-17-13-21-11-15-32(16-12-21)19-28(34)33-14-3-4-25(22-5-7-23(30)8-6-22)26-10-9-24(31)18-27(26)33/h5-10,18,20-21,25H,3-4,11-17,19H2,1-2H3. The quantitative estimate of drug-likeness (QED) is 0.472. The summed E-state index contributed by atoms with van der Waals surface area (Å²) in [6.07, 6.45) is 4.36. The van der Waals surface area contributed by atoms with Crippen molar-refractivity contribution >= 4 is 17.6 Å². The molecule has 1 amide bonds. The van der Waals surface area contributed by atoms with Crippen LogP contribution in [0.4, 0.5) is 14.5 Å². The summed E-state index contributed by atoms with van der Waals surface area (Å²) in [6, 6.07) is 11.1. The van der Waals surface area contributed by atoms with Gasteiger partial charge in [0, 0.05) is 12.5 Å². The summed E-state index contributed by atoms with van der Waals surface area (Å²) in [5.41, 5.74) is 2.50. The van der Waals surface area contributed by atoms with Crippen LogP contribution in [0.5, 0.6) is 0 Å². The number of piperidine rings is 1. The molecule has 7 heteroatoms. The van der Waals surface area contributed by atoms with E-state index in [1.165, 1.54) is 24.3 Å². The second-order valence-electron chi connectivity index (χ2n) is 10.3. The van der Waals surface area contributed by atoms with E-state index in [4.69, 9.17) is 4.74 Å². The van der Waals surface area contributed by atoms with Gasteiger partial charge in [-0.25, -0.2) is 8.78 Å². The number of hydrogen-bond donors (Lipinski definition) is 0. The van der Waals surface area contributed by atoms with Gasteiger partial charge in [0.2, 0.25) is 5.91 Å². The maximum Gasteiger partial charge on any atom is 0.308 e. The Kier molecular flexibility index (Phi) is 8.72. The highest BCUT2D eigenvalue weighted by Crippen LogP contribution is 2.39. The Hall–Kier alpha value is -2.80. The number of carbonyl (C=O) groups is 2. The molecular weight excluding hydrogens is 462 g/mol. The van der Waals surface area contributed by atoms with E-state index in [2.05, 4.69) is 4.90 Å². The molecule has 1 fully saturated rings. The first-order chi connectivity index (χ1) is 17.3. The summed E-state index contributed by atoms with van der Waals surface area (Å²) in [5, 5.41) is 0. The van der Waals surface area contributed by atoms with Crippen LogP contribution >= 0.6 is 0 Å². The smallest absolute Gasteiger partial charge is 0.308 e. The molecule has 1 unspecified atom stereocenters. The van der Waals surface area contributed by atoms with E-state index in [0.717, 1.165) is 56.3 Å². The SMILES string of the molecule is CC(C)C(=O)OCCC1CCN(CC(=O)N2CCCC(c3ccc(F)cc3)c3ccc(F)cc32)CC1. The fourth-order valence-corrected chi connectivity index (χ4v) is 5.28. The lowest BCUT2D eigenvalue weighted by Gasteiger charge is -2.33. The number of likely N-dealkylation sites (tertiary alicyclic amines) is 1. The molecule has 36 heavy (non-hydrogen) atoms. The molecule has 2 aromatic carbocycles. The summed E-state index contributed by atoms with van der Waals surface area (Å²) in [7, 11) is 0. The van der Waals surface area contributed by atoms with Crippen molar-refractivity contribution in [1.82, 2.24) is 4.90 Å². The number of halogens is 2. The van der Waals surface area contributed by atoms with Crippen LogP contribution in [0.15, 0.2) is 42.5 Å². The maximum absolute atomic E-state index is 14.3. The first-order valence-corrected chi connectivity index (χ1v) is 13.1. The average molecular weight is 499 g/mol. The van der Waals surface area contributed by atoms with Crippen molar-refractivity contribution in [3.63, 3.8) is 0 Å². The maximum atomic E-state index is 14.3. The van der Waals surface area contributed by atoms with Gasteiger partial charge in [0.15, 0.2) is 0 Å². The number of rotatable bonds is 7. The van der Waals surface area contributed by atoms with Gasteiger partial charge in [0.1, 0.15) is 11.6 Å². The molecule has 0 bridgehead atoms. The average Bonchev–Trinajstić information content (AvgIpc) is 3.05. The van der Waals surface area contributed by atoms with Gasteiger partial charge in [0.05, 0.1) is 24.8 Å². The van der Waals surface area contributed by atoms with Crippen molar-refractivity contribution < 1.29 is 23.1 Å². The number of esters is 1. The predicted molar refractivity (Wildman–Crippen MR) is 136 cm³/mol. The van der Waals surface area contributed by atoms with Gasteiger partial charge in [-0.1, -0.05) is 32.0 Å². The fraction of sp³-hybridized carbons (Fsp3) is 0.517. The van der Waals surface area contributed by atoms with Crippen LogP contribution in [0.1, 0.15) is 63.0 Å². The van der Waals surface area contributed by atoms with E-state index in [1.807, 2.05) is 13.8 Å². The summed E-state index contributed by atoms with van der Waals surface area (Å²) in [6.45, 7) is 6.58. The number of nitrogens with zero attached hydrogens (tertiary/aromatic N) is 2. The van der Waals surface area contributed by atoms with Gasteiger partial charge >= 0.3 is 5.97 Å². The van der Waals surface area contributed by atoms with Crippen molar-refractivity contribution in [1.29, 1.82) is 0 Å². The Bertz CT molecular complexity index is 1050. The molecule has 0 aliphatic carbocycles. The summed E-state index contributed by atoms with van der Waals surface area (Å²) in [4.78, 5) is 29.0. The first kappa shape index (κ1) is 26.3. The van der Waals surface area contributed by atoms with Crippen molar-refractivity contribution in [2.75, 3.05) is 37.7 Å². The Balaban J connectivity index is 1.38. The lowest BCUT2D eigenvalue weighted by Crippen LogP contribution is -2.44. The van der Waals surface area contributed by atoms with E-state index in [1.54, 1.807) is 23.1 Å². The van der Waals surface area contributed by atoms with Crippen LogP contribution in [0.3, 0.4) is 0 Å². The highest BCUT2D eigenvalue weighted by Gasteiger charge is 2.30. The Morgan fingerprint density at radius 3 is 2.36 bits per heavy atom. The zero-order valence-corrected chi connectivity index (χ0v) is 21.2. The van der Waals surface area contributed by atoms with Crippen LogP contribution in [0.25, 0.3) is 0 Å². The number of anilines is 1. The van der Waals surface area contributed by atoms with Gasteiger partial charge in [0.25, 0.3) is 0 Å². The third-order valence-electron chi connectivity index (χ3n) is 7.41. The van der Waals surface area contributed by atoms with E-state index < -0.39 is 0 Å². The van der Waals surface area contributed by atoms with E-state index in [9.17, 15) is 18.4 Å². The molecule has 2 aromatic rings. The molecule has 194 valence electrons. The van der Waals surface area contributed by atoms with E-state index in [0.29, 0.717) is 31.3 Å². The molecule has 1 atom stereocenters. The molecule has 0 saturated carbocycles. The zero-order chi connectivity index (χ0) is 25.7. The van der Waals surface area contributed by atoms with Crippen LogP contribution in [0.2, 0.25) is 0 Å². The molecule has 4 rings (SSSR count). The van der Waals surface area contributed by atoms with Crippen molar-refractivity contribution in [3.8, 4) is 0 Å². The van der Waals surface area contributed by atoms with Crippen LogP contribution < -0.4 is 4.90 Å². The Morgan fingerprint density at radius 1 is 0.972 bits per heavy atom. The highest BCUT2D eigenvalue weighted by molar-refractivity contribution is 5.96. The van der Waals surface area contributed by atoms with Gasteiger partial charge < -0.3 is 9.64 Å². The summed E-state index contributed by atoms with van der Waals surface area (Å²) in [5.74, 6) is -0.476. The number of ether oxygens (including phenoxy) is 1. The fourth-order valence-electron chi connectivity index (χ4n) is 5.28. The molecule has 0 aromatic heterocycles. The number of fused-ring (bicyclic) bond motifs is 1. The number of hydrogen-bond acceptors (Lipinski definition) is 4. The second-order valence-corrected chi connectivity index (χ2v) is 10.3. The topological polar surface area (TPSA) is 49.9 Å². The molecule has 0 N–H and O–H groups in total. The number of carbonyl (C=O) groups excluding carboxylic acids is 2. The first-order valence-electron chi connectivity index (χ1n) is 13.1. The molecule has 0 radical (unpaired) electrons. The monoisotopic (exact) mass is 498 g/mol. The molecule has 2 aliphatic rings. The van der Waals surface area contributed by atoms with Gasteiger partial charge in [-0.15, -0.1) is 0 Å². The zero-order valence-electron chi connectivity index (χ0n) is 21.2. The Labute approximate surface area is 212 Å². The van der Waals surface area contributed by atoms with Crippen LogP contribution in [0, 0.1) is 23.5 Å². The lowest BCUT2D eigenvalue weighted by atomic mass is 9.87. The van der Waals surface area contributed by atoms with Crippen molar-refractivity contribution in [3.05, 3.63) is 65.2 Å². The van der Waals surface area contributed by atoms with Gasteiger partial charge in [-0.2, -0.15) is 0 Å². The molecule has 2 heterocycles. The minimum atomic E-state index is -0.370. The van der Waals surface area contributed by atoms with Gasteiger partial charge in [-0.3, -0.25) is 14.5 Å². The third-order valence-corrected chi connectivity index (χ3v) is 7.41. The van der Waals surface area contributed by atoms with E-state index in [-0.39, 0.29) is 35.3 Å². The second kappa shape index (κ2) is 12.0. The summed E-state index contributed by atoms with van der Waals surface area (Å²) >= 11 is 0. The molecule has 1 saturated heterocycles. The highest BCUT2D eigenvalue weighted by atomic mass is 19.1. The third kappa shape index (κ3) is 6.49. The van der Waals surface area contributed by atoms with Crippen molar-refractivity contribution in [2.45, 2.75) is 51.9 Å².